The van der Waals surface area contributed by atoms with Gasteiger partial charge in [-0.2, -0.15) is 13.2 Å². The fourth-order valence-corrected chi connectivity index (χ4v) is 6.52. The van der Waals surface area contributed by atoms with Crippen LogP contribution in [0.4, 0.5) is 24.7 Å². The second kappa shape index (κ2) is 9.42. The van der Waals surface area contributed by atoms with Gasteiger partial charge in [-0.15, -0.1) is 23.1 Å². The lowest BCUT2D eigenvalue weighted by Crippen LogP contribution is -2.37. The lowest BCUT2D eigenvalue weighted by atomic mass is 9.87. The van der Waals surface area contributed by atoms with Gasteiger partial charge in [0.1, 0.15) is 17.0 Å². The largest absolute Gasteiger partial charge is 0.390 e. The summed E-state index contributed by atoms with van der Waals surface area (Å²) in [4.78, 5) is 30.4. The number of alkyl halides is 3. The van der Waals surface area contributed by atoms with E-state index in [0.29, 0.717) is 25.8 Å². The summed E-state index contributed by atoms with van der Waals surface area (Å²) in [5.41, 5.74) is 4.39. The van der Waals surface area contributed by atoms with Crippen LogP contribution in [0.25, 0.3) is 10.2 Å². The quantitative estimate of drug-likeness (QED) is 0.429. The van der Waals surface area contributed by atoms with Gasteiger partial charge < -0.3 is 10.2 Å². The summed E-state index contributed by atoms with van der Waals surface area (Å²) < 4.78 is 37.7. The van der Waals surface area contributed by atoms with Gasteiger partial charge in [-0.1, -0.05) is 0 Å². The second-order valence-corrected chi connectivity index (χ2v) is 10.7. The van der Waals surface area contributed by atoms with Gasteiger partial charge in [0.2, 0.25) is 5.91 Å². The van der Waals surface area contributed by atoms with Crippen LogP contribution in [-0.4, -0.2) is 53.0 Å². The van der Waals surface area contributed by atoms with E-state index in [9.17, 15) is 18.0 Å². The average Bonchev–Trinajstić information content (AvgIpc) is 3.44. The number of nitrogens with one attached hydrogen (secondary N) is 1. The molecule has 0 saturated heterocycles. The van der Waals surface area contributed by atoms with Crippen LogP contribution < -0.4 is 5.32 Å². The van der Waals surface area contributed by atoms with E-state index in [2.05, 4.69) is 32.4 Å². The Bertz CT molecular complexity index is 1320. The highest BCUT2D eigenvalue weighted by molar-refractivity contribution is 7.98. The van der Waals surface area contributed by atoms with Crippen LogP contribution in [0.3, 0.4) is 0 Å². The summed E-state index contributed by atoms with van der Waals surface area (Å²) in [5, 5.41) is 4.47. The number of carbonyl (C=O) groups is 1. The molecule has 1 amide bonds. The smallest absolute Gasteiger partial charge is 0.345 e. The standard InChI is InChI=1S/C24H24F3N5OS2/c1-32(6-5-24(25,26)27)23(33)13-3-4-16-18(8-13)35-22-20(16)21(29-12-30-22)31-17-7-14-10-28-11-15(14)9-19(17)34-2/h7,9-10,12-13H,3-6,8,11H2,1-2H3,(H,29,30,31)/t13-/m0/s1. The summed E-state index contributed by atoms with van der Waals surface area (Å²) in [5.74, 6) is 0.174. The number of aryl methyl sites for hydroxylation is 1. The van der Waals surface area contributed by atoms with E-state index >= 15 is 0 Å². The van der Waals surface area contributed by atoms with Crippen LogP contribution in [0.15, 0.2) is 28.3 Å². The molecule has 0 fully saturated rings. The van der Waals surface area contributed by atoms with Gasteiger partial charge in [-0.3, -0.25) is 9.79 Å². The second-order valence-electron chi connectivity index (χ2n) is 8.82. The predicted molar refractivity (Wildman–Crippen MR) is 134 cm³/mol. The third-order valence-corrected chi connectivity index (χ3v) is 8.45. The molecule has 1 N–H and O–H groups in total. The minimum absolute atomic E-state index is 0.230. The summed E-state index contributed by atoms with van der Waals surface area (Å²) in [6, 6.07) is 4.25. The molecule has 0 spiro atoms. The molecule has 1 aromatic carbocycles. The van der Waals surface area contributed by atoms with Crippen LogP contribution >= 0.6 is 23.1 Å². The summed E-state index contributed by atoms with van der Waals surface area (Å²) in [6.45, 7) is 0.380. The van der Waals surface area contributed by atoms with Crippen molar-refractivity contribution in [3.63, 3.8) is 0 Å². The predicted octanol–water partition coefficient (Wildman–Crippen LogP) is 5.61. The van der Waals surface area contributed by atoms with Crippen molar-refractivity contribution in [3.8, 4) is 0 Å². The van der Waals surface area contributed by atoms with Gasteiger partial charge >= 0.3 is 6.18 Å². The van der Waals surface area contributed by atoms with Gasteiger partial charge in [-0.05, 0) is 54.3 Å². The number of fused-ring (bicyclic) bond motifs is 4. The van der Waals surface area contributed by atoms with Crippen molar-refractivity contribution in [1.29, 1.82) is 0 Å². The number of hydrogen-bond donors (Lipinski definition) is 1. The number of aliphatic imine (C=N–C) groups is 1. The first-order valence-electron chi connectivity index (χ1n) is 11.3. The molecule has 6 nitrogen and oxygen atoms in total. The molecule has 3 heterocycles. The zero-order chi connectivity index (χ0) is 24.7. The third-order valence-electron chi connectivity index (χ3n) is 6.51. The van der Waals surface area contributed by atoms with Gasteiger partial charge in [0, 0.05) is 35.5 Å². The Morgan fingerprint density at radius 3 is 2.91 bits per heavy atom. The monoisotopic (exact) mass is 519 g/mol. The molecule has 0 unspecified atom stereocenters. The summed E-state index contributed by atoms with van der Waals surface area (Å²) >= 11 is 3.19. The van der Waals surface area contributed by atoms with Crippen LogP contribution in [-0.2, 0) is 24.2 Å². The molecular formula is C24H24F3N5OS2. The minimum Gasteiger partial charge on any atom is -0.345 e. The summed E-state index contributed by atoms with van der Waals surface area (Å²) in [7, 11) is 1.45. The van der Waals surface area contributed by atoms with Crippen molar-refractivity contribution < 1.29 is 18.0 Å². The molecule has 2 aromatic heterocycles. The van der Waals surface area contributed by atoms with Crippen LogP contribution in [0, 0.1) is 5.92 Å². The number of amides is 1. The third kappa shape index (κ3) is 4.88. The molecule has 0 bridgehead atoms. The maximum absolute atomic E-state index is 12.8. The van der Waals surface area contributed by atoms with Crippen molar-refractivity contribution in [1.82, 2.24) is 14.9 Å². The Balaban J connectivity index is 1.40. The first-order valence-corrected chi connectivity index (χ1v) is 13.3. The number of thioether (sulfide) groups is 1. The molecule has 5 rings (SSSR count). The SMILES string of the molecule is CSc1cc2c(cc1Nc1ncnc3sc4c(c13)CC[C@H](C(=O)N(C)CCC(F)(F)F)C4)C=NC2. The van der Waals surface area contributed by atoms with Gasteiger partial charge in [0.15, 0.2) is 0 Å². The Hall–Kier alpha value is -2.66. The molecule has 0 saturated carbocycles. The number of carbonyl (C=O) groups excluding carboxylic acids is 1. The maximum Gasteiger partial charge on any atom is 0.390 e. The number of anilines is 2. The lowest BCUT2D eigenvalue weighted by Gasteiger charge is -2.27. The highest BCUT2D eigenvalue weighted by Gasteiger charge is 2.33. The van der Waals surface area contributed by atoms with E-state index in [0.717, 1.165) is 42.6 Å². The first kappa shape index (κ1) is 24.1. The van der Waals surface area contributed by atoms with E-state index in [1.807, 2.05) is 12.5 Å². The highest BCUT2D eigenvalue weighted by Crippen LogP contribution is 2.42. The van der Waals surface area contributed by atoms with Crippen LogP contribution in [0.2, 0.25) is 0 Å². The number of rotatable bonds is 6. The number of aromatic nitrogens is 2. The topological polar surface area (TPSA) is 70.5 Å². The zero-order valence-corrected chi connectivity index (χ0v) is 20.9. The van der Waals surface area contributed by atoms with E-state index in [1.165, 1.54) is 35.2 Å². The van der Waals surface area contributed by atoms with Gasteiger partial charge in [-0.25, -0.2) is 9.97 Å². The lowest BCUT2D eigenvalue weighted by molar-refractivity contribution is -0.146. The molecule has 1 atom stereocenters. The van der Waals surface area contributed by atoms with E-state index in [1.54, 1.807) is 11.8 Å². The number of hydrogen-bond acceptors (Lipinski definition) is 7. The van der Waals surface area contributed by atoms with Gasteiger partial charge in [0.05, 0.1) is 24.0 Å². The Morgan fingerprint density at radius 1 is 1.31 bits per heavy atom. The molecule has 3 aromatic rings. The normalized spacial score (nSPS) is 16.9. The average molecular weight is 520 g/mol. The molecular weight excluding hydrogens is 495 g/mol. The van der Waals surface area contributed by atoms with Crippen LogP contribution in [0.1, 0.15) is 34.4 Å². The number of benzene rings is 1. The molecule has 184 valence electrons. The Labute approximate surface area is 209 Å². The molecule has 2 aliphatic rings. The summed E-state index contributed by atoms with van der Waals surface area (Å²) in [6.07, 6.45) is 1.95. The minimum atomic E-state index is -4.27. The van der Waals surface area contributed by atoms with E-state index in [4.69, 9.17) is 0 Å². The Morgan fingerprint density at radius 2 is 2.14 bits per heavy atom. The molecule has 1 aliphatic carbocycles. The molecule has 35 heavy (non-hydrogen) atoms. The zero-order valence-electron chi connectivity index (χ0n) is 19.3. The van der Waals surface area contributed by atoms with Crippen molar-refractivity contribution in [2.24, 2.45) is 10.9 Å². The van der Waals surface area contributed by atoms with E-state index < -0.39 is 12.6 Å². The fourth-order valence-electron chi connectivity index (χ4n) is 4.66. The number of halogens is 3. The Kier molecular flexibility index (Phi) is 6.47. The van der Waals surface area contributed by atoms with Crippen LogP contribution in [0.5, 0.6) is 0 Å². The van der Waals surface area contributed by atoms with E-state index in [-0.39, 0.29) is 18.4 Å². The number of thiophene rings is 1. The van der Waals surface area contributed by atoms with Crippen molar-refractivity contribution >= 4 is 56.9 Å². The fraction of sp³-hybridized carbons (Fsp3) is 0.417. The van der Waals surface area contributed by atoms with Gasteiger partial charge in [0.25, 0.3) is 0 Å². The van der Waals surface area contributed by atoms with Crippen molar-refractivity contribution in [2.45, 2.75) is 43.3 Å². The van der Waals surface area contributed by atoms with Crippen molar-refractivity contribution in [2.75, 3.05) is 25.2 Å². The molecule has 0 radical (unpaired) electrons. The van der Waals surface area contributed by atoms with Crippen molar-refractivity contribution in [3.05, 3.63) is 40.0 Å². The molecule has 1 aliphatic heterocycles. The number of nitrogens with zero attached hydrogens (tertiary/aromatic N) is 4. The maximum atomic E-state index is 12.8. The first-order chi connectivity index (χ1) is 16.7. The highest BCUT2D eigenvalue weighted by atomic mass is 32.2. The molecule has 11 heteroatoms.